The Kier molecular flexibility index (Phi) is 3.77. The number of thioether (sulfide) groups is 2. The normalized spacial score (nSPS) is 21.9. The first-order valence-corrected chi connectivity index (χ1v) is 8.26. The molecule has 4 heteroatoms. The Morgan fingerprint density at radius 3 is 3.06 bits per heavy atom. The van der Waals surface area contributed by atoms with Crippen molar-refractivity contribution in [2.24, 2.45) is 0 Å². The van der Waals surface area contributed by atoms with E-state index in [1.807, 2.05) is 54.0 Å². The summed E-state index contributed by atoms with van der Waals surface area (Å²) in [6.07, 6.45) is 3.27. The predicted octanol–water partition coefficient (Wildman–Crippen LogP) is 3.12. The van der Waals surface area contributed by atoms with Crippen molar-refractivity contribution in [3.8, 4) is 0 Å². The quantitative estimate of drug-likeness (QED) is 0.914. The number of hydrogen-bond donors (Lipinski definition) is 1. The van der Waals surface area contributed by atoms with Crippen LogP contribution in [0.2, 0.25) is 0 Å². The van der Waals surface area contributed by atoms with E-state index >= 15 is 0 Å². The van der Waals surface area contributed by atoms with Gasteiger partial charge >= 0.3 is 0 Å². The maximum absolute atomic E-state index is 10.6. The molecule has 3 rings (SSSR count). The number of aliphatic hydroxyl groups excluding tert-OH is 1. The second kappa shape index (κ2) is 5.51. The van der Waals surface area contributed by atoms with Crippen molar-refractivity contribution in [2.45, 2.75) is 11.4 Å². The number of aliphatic hydroxyl groups is 1. The molecule has 2 heterocycles. The van der Waals surface area contributed by atoms with Gasteiger partial charge in [0.05, 0.1) is 6.10 Å². The van der Waals surface area contributed by atoms with Crippen LogP contribution >= 0.6 is 23.5 Å². The van der Waals surface area contributed by atoms with E-state index in [1.165, 1.54) is 5.75 Å². The molecular formula is C14H15NOS2. The van der Waals surface area contributed by atoms with E-state index in [0.717, 1.165) is 27.8 Å². The van der Waals surface area contributed by atoms with E-state index in [-0.39, 0.29) is 6.10 Å². The molecule has 0 amide bonds. The third-order valence-electron chi connectivity index (χ3n) is 3.23. The lowest BCUT2D eigenvalue weighted by Gasteiger charge is -2.26. The lowest BCUT2D eigenvalue weighted by molar-refractivity contribution is 0.182. The molecule has 94 valence electrons. The lowest BCUT2D eigenvalue weighted by atomic mass is 10.0. The zero-order chi connectivity index (χ0) is 12.4. The number of pyridine rings is 1. The van der Waals surface area contributed by atoms with Crippen LogP contribution < -0.4 is 0 Å². The summed E-state index contributed by atoms with van der Waals surface area (Å²) in [6, 6.07) is 8.08. The van der Waals surface area contributed by atoms with Gasteiger partial charge in [-0.05, 0) is 17.0 Å². The second-order valence-electron chi connectivity index (χ2n) is 4.37. The van der Waals surface area contributed by atoms with Crippen molar-refractivity contribution in [1.29, 1.82) is 0 Å². The van der Waals surface area contributed by atoms with Crippen LogP contribution in [0.5, 0.6) is 0 Å². The predicted molar refractivity (Wildman–Crippen MR) is 80.3 cm³/mol. The Morgan fingerprint density at radius 1 is 1.28 bits per heavy atom. The molecule has 1 aromatic carbocycles. The van der Waals surface area contributed by atoms with Gasteiger partial charge in [0.25, 0.3) is 0 Å². The largest absolute Gasteiger partial charge is 0.387 e. The summed E-state index contributed by atoms with van der Waals surface area (Å²) in [5.41, 5.74) is 1.04. The van der Waals surface area contributed by atoms with Gasteiger partial charge in [0.15, 0.2) is 0 Å². The molecule has 2 atom stereocenters. The SMILES string of the molecule is OC(c1cccc2cnccc12)C1CSCCS1. The Labute approximate surface area is 115 Å². The van der Waals surface area contributed by atoms with Crippen LogP contribution in [0.3, 0.4) is 0 Å². The fourth-order valence-corrected chi connectivity index (χ4v) is 5.04. The molecule has 1 aliphatic rings. The highest BCUT2D eigenvalue weighted by atomic mass is 32.2. The summed E-state index contributed by atoms with van der Waals surface area (Å²) in [5, 5.41) is 13.1. The zero-order valence-electron chi connectivity index (χ0n) is 9.95. The van der Waals surface area contributed by atoms with Crippen molar-refractivity contribution < 1.29 is 5.11 Å². The van der Waals surface area contributed by atoms with Gasteiger partial charge in [0, 0.05) is 40.3 Å². The van der Waals surface area contributed by atoms with Crippen molar-refractivity contribution >= 4 is 34.3 Å². The number of benzene rings is 1. The molecule has 1 fully saturated rings. The van der Waals surface area contributed by atoms with Crippen LogP contribution in [-0.2, 0) is 0 Å². The first-order valence-electron chi connectivity index (χ1n) is 6.06. The van der Waals surface area contributed by atoms with Crippen molar-refractivity contribution in [2.75, 3.05) is 17.3 Å². The number of aromatic nitrogens is 1. The highest BCUT2D eigenvalue weighted by Gasteiger charge is 2.25. The molecular weight excluding hydrogens is 262 g/mol. The van der Waals surface area contributed by atoms with Gasteiger partial charge in [-0.25, -0.2) is 0 Å². The summed E-state index contributed by atoms with van der Waals surface area (Å²) < 4.78 is 0. The van der Waals surface area contributed by atoms with Crippen molar-refractivity contribution in [1.82, 2.24) is 4.98 Å². The third kappa shape index (κ3) is 2.37. The minimum absolute atomic E-state index is 0.308. The van der Waals surface area contributed by atoms with E-state index in [2.05, 4.69) is 4.98 Å². The molecule has 0 spiro atoms. The summed E-state index contributed by atoms with van der Waals surface area (Å²) in [6.45, 7) is 0. The Balaban J connectivity index is 1.97. The molecule has 0 bridgehead atoms. The van der Waals surface area contributed by atoms with Crippen LogP contribution in [0, 0.1) is 0 Å². The fourth-order valence-electron chi connectivity index (χ4n) is 2.29. The number of fused-ring (bicyclic) bond motifs is 1. The maximum Gasteiger partial charge on any atom is 0.0922 e. The topological polar surface area (TPSA) is 33.1 Å². The summed E-state index contributed by atoms with van der Waals surface area (Å²) in [7, 11) is 0. The number of hydrogen-bond acceptors (Lipinski definition) is 4. The highest BCUT2D eigenvalue weighted by Crippen LogP contribution is 2.35. The van der Waals surface area contributed by atoms with Crippen LogP contribution in [0.1, 0.15) is 11.7 Å². The summed E-state index contributed by atoms with van der Waals surface area (Å²) >= 11 is 3.83. The van der Waals surface area contributed by atoms with Gasteiger partial charge < -0.3 is 5.11 Å². The van der Waals surface area contributed by atoms with Crippen LogP contribution in [0.25, 0.3) is 10.8 Å². The molecule has 1 aliphatic heterocycles. The fraction of sp³-hybridized carbons (Fsp3) is 0.357. The Morgan fingerprint density at radius 2 is 2.22 bits per heavy atom. The molecule has 0 radical (unpaired) electrons. The summed E-state index contributed by atoms with van der Waals surface area (Å²) in [4.78, 5) is 4.13. The zero-order valence-corrected chi connectivity index (χ0v) is 11.6. The van der Waals surface area contributed by atoms with Gasteiger partial charge in [-0.15, -0.1) is 0 Å². The molecule has 1 aromatic heterocycles. The number of rotatable bonds is 2. The molecule has 2 aromatic rings. The van der Waals surface area contributed by atoms with E-state index in [4.69, 9.17) is 0 Å². The molecule has 1 N–H and O–H groups in total. The molecule has 0 saturated carbocycles. The van der Waals surface area contributed by atoms with Gasteiger partial charge in [0.1, 0.15) is 0 Å². The minimum atomic E-state index is -0.381. The van der Waals surface area contributed by atoms with Crippen molar-refractivity contribution in [3.05, 3.63) is 42.2 Å². The smallest absolute Gasteiger partial charge is 0.0922 e. The second-order valence-corrected chi connectivity index (χ2v) is 6.87. The van der Waals surface area contributed by atoms with Gasteiger partial charge in [-0.3, -0.25) is 4.98 Å². The number of nitrogens with zero attached hydrogens (tertiary/aromatic N) is 1. The molecule has 0 aliphatic carbocycles. The van der Waals surface area contributed by atoms with Gasteiger partial charge in [-0.1, -0.05) is 18.2 Å². The summed E-state index contributed by atoms with van der Waals surface area (Å²) in [5.74, 6) is 3.37. The average molecular weight is 277 g/mol. The van der Waals surface area contributed by atoms with E-state index in [9.17, 15) is 5.11 Å². The molecule has 2 unspecified atom stereocenters. The Hall–Kier alpha value is -0.710. The average Bonchev–Trinajstić information content (AvgIpc) is 2.47. The molecule has 1 saturated heterocycles. The van der Waals surface area contributed by atoms with Crippen molar-refractivity contribution in [3.63, 3.8) is 0 Å². The Bertz CT molecular complexity index is 535. The third-order valence-corrected chi connectivity index (χ3v) is 6.08. The first-order chi connectivity index (χ1) is 8.86. The van der Waals surface area contributed by atoms with E-state index in [1.54, 1.807) is 6.20 Å². The molecule has 18 heavy (non-hydrogen) atoms. The van der Waals surface area contributed by atoms with Crippen LogP contribution in [0.4, 0.5) is 0 Å². The van der Waals surface area contributed by atoms with E-state index in [0.29, 0.717) is 5.25 Å². The van der Waals surface area contributed by atoms with Crippen LogP contribution in [-0.4, -0.2) is 32.6 Å². The van der Waals surface area contributed by atoms with Gasteiger partial charge in [-0.2, -0.15) is 23.5 Å². The maximum atomic E-state index is 10.6. The molecule has 2 nitrogen and oxygen atoms in total. The minimum Gasteiger partial charge on any atom is -0.387 e. The van der Waals surface area contributed by atoms with E-state index < -0.39 is 0 Å². The first kappa shape index (κ1) is 12.3. The monoisotopic (exact) mass is 277 g/mol. The standard InChI is InChI=1S/C14H15NOS2/c16-14(13-9-17-6-7-18-13)12-3-1-2-10-8-15-5-4-11(10)12/h1-5,8,13-14,16H,6-7,9H2. The lowest BCUT2D eigenvalue weighted by Crippen LogP contribution is -2.22. The van der Waals surface area contributed by atoms with Gasteiger partial charge in [0.2, 0.25) is 0 Å². The van der Waals surface area contributed by atoms with Crippen LogP contribution in [0.15, 0.2) is 36.7 Å². The highest BCUT2D eigenvalue weighted by molar-refractivity contribution is 8.06.